The number of thiocarbonyl (C=S) groups is 1. The van der Waals surface area contributed by atoms with E-state index in [1.807, 2.05) is 19.1 Å². The van der Waals surface area contributed by atoms with Crippen LogP contribution in [0.4, 0.5) is 10.1 Å². The predicted molar refractivity (Wildman–Crippen MR) is 103 cm³/mol. The van der Waals surface area contributed by atoms with Gasteiger partial charge >= 0.3 is 0 Å². The summed E-state index contributed by atoms with van der Waals surface area (Å²) in [6, 6.07) is 12.4. The Balaban J connectivity index is 1.66. The first-order valence-electron chi connectivity index (χ1n) is 7.77. The molecule has 0 saturated carbocycles. The van der Waals surface area contributed by atoms with Crippen molar-refractivity contribution in [2.45, 2.75) is 26.3 Å². The molecular formula is C18H18FN3S2. The summed E-state index contributed by atoms with van der Waals surface area (Å²) < 4.78 is 14.1. The van der Waals surface area contributed by atoms with E-state index in [9.17, 15) is 4.39 Å². The van der Waals surface area contributed by atoms with Gasteiger partial charge in [-0.25, -0.2) is 9.37 Å². The van der Waals surface area contributed by atoms with E-state index in [4.69, 9.17) is 12.2 Å². The SMILES string of the molecule is CCc1nc2ccc(NC(=S)NC(C)c3ccc(F)cc3)cc2s1. The van der Waals surface area contributed by atoms with Crippen LogP contribution in [-0.4, -0.2) is 10.1 Å². The van der Waals surface area contributed by atoms with Crippen molar-refractivity contribution < 1.29 is 4.39 Å². The van der Waals surface area contributed by atoms with Crippen molar-refractivity contribution in [1.82, 2.24) is 10.3 Å². The number of hydrogen-bond donors (Lipinski definition) is 2. The lowest BCUT2D eigenvalue weighted by molar-refractivity contribution is 0.624. The van der Waals surface area contributed by atoms with Gasteiger partial charge in [-0.2, -0.15) is 0 Å². The lowest BCUT2D eigenvalue weighted by Crippen LogP contribution is -2.30. The number of hydrogen-bond acceptors (Lipinski definition) is 3. The number of benzene rings is 2. The molecule has 0 aliphatic rings. The van der Waals surface area contributed by atoms with E-state index in [0.29, 0.717) is 5.11 Å². The first-order chi connectivity index (χ1) is 11.5. The highest BCUT2D eigenvalue weighted by atomic mass is 32.1. The third-order valence-electron chi connectivity index (χ3n) is 3.71. The van der Waals surface area contributed by atoms with Gasteiger partial charge in [0.15, 0.2) is 5.11 Å². The van der Waals surface area contributed by atoms with Crippen LogP contribution in [0.2, 0.25) is 0 Å². The molecule has 3 nitrogen and oxygen atoms in total. The number of anilines is 1. The summed E-state index contributed by atoms with van der Waals surface area (Å²) in [5, 5.41) is 8.08. The van der Waals surface area contributed by atoms with Crippen LogP contribution in [0.3, 0.4) is 0 Å². The minimum Gasteiger partial charge on any atom is -0.356 e. The third-order valence-corrected chi connectivity index (χ3v) is 5.09. The fourth-order valence-electron chi connectivity index (χ4n) is 2.40. The van der Waals surface area contributed by atoms with Crippen molar-refractivity contribution in [3.05, 3.63) is 58.9 Å². The lowest BCUT2D eigenvalue weighted by Gasteiger charge is -2.17. The zero-order valence-corrected chi connectivity index (χ0v) is 15.1. The molecule has 2 aromatic carbocycles. The van der Waals surface area contributed by atoms with Gasteiger partial charge in [0.1, 0.15) is 5.82 Å². The Morgan fingerprint density at radius 2 is 2.00 bits per heavy atom. The van der Waals surface area contributed by atoms with Gasteiger partial charge in [0.25, 0.3) is 0 Å². The van der Waals surface area contributed by atoms with Crippen molar-refractivity contribution in [1.29, 1.82) is 0 Å². The summed E-state index contributed by atoms with van der Waals surface area (Å²) in [6.07, 6.45) is 0.942. The molecule has 1 aromatic heterocycles. The highest BCUT2D eigenvalue weighted by molar-refractivity contribution is 7.80. The quantitative estimate of drug-likeness (QED) is 0.640. The van der Waals surface area contributed by atoms with Crippen LogP contribution in [0.5, 0.6) is 0 Å². The number of rotatable bonds is 4. The number of nitrogens with zero attached hydrogens (tertiary/aromatic N) is 1. The van der Waals surface area contributed by atoms with Crippen molar-refractivity contribution in [2.75, 3.05) is 5.32 Å². The summed E-state index contributed by atoms with van der Waals surface area (Å²) in [7, 11) is 0. The molecule has 3 aromatic rings. The summed E-state index contributed by atoms with van der Waals surface area (Å²) in [4.78, 5) is 4.56. The third kappa shape index (κ3) is 3.88. The van der Waals surface area contributed by atoms with Crippen LogP contribution in [-0.2, 0) is 6.42 Å². The van der Waals surface area contributed by atoms with Crippen LogP contribution < -0.4 is 10.6 Å². The van der Waals surface area contributed by atoms with E-state index in [-0.39, 0.29) is 11.9 Å². The predicted octanol–water partition coefficient (Wildman–Crippen LogP) is 5.05. The fraction of sp³-hybridized carbons (Fsp3) is 0.222. The van der Waals surface area contributed by atoms with E-state index in [2.05, 4.69) is 28.6 Å². The van der Waals surface area contributed by atoms with Crippen LogP contribution in [0, 0.1) is 5.82 Å². The normalized spacial score (nSPS) is 12.1. The number of thiazole rings is 1. The maximum absolute atomic E-state index is 13.0. The topological polar surface area (TPSA) is 37.0 Å². The number of fused-ring (bicyclic) bond motifs is 1. The van der Waals surface area contributed by atoms with Gasteiger partial charge in [0, 0.05) is 5.69 Å². The zero-order valence-electron chi connectivity index (χ0n) is 13.5. The number of halogens is 1. The van der Waals surface area contributed by atoms with Crippen LogP contribution >= 0.6 is 23.6 Å². The van der Waals surface area contributed by atoms with Crippen molar-refractivity contribution in [3.8, 4) is 0 Å². The average Bonchev–Trinajstić information content (AvgIpc) is 2.97. The Bertz CT molecular complexity index is 858. The second kappa shape index (κ2) is 7.23. The summed E-state index contributed by atoms with van der Waals surface area (Å²) in [5.41, 5.74) is 2.92. The number of aromatic nitrogens is 1. The van der Waals surface area contributed by atoms with E-state index in [1.54, 1.807) is 23.5 Å². The Morgan fingerprint density at radius 1 is 1.25 bits per heavy atom. The smallest absolute Gasteiger partial charge is 0.171 e. The Hall–Kier alpha value is -2.05. The van der Waals surface area contributed by atoms with Crippen molar-refractivity contribution in [2.24, 2.45) is 0 Å². The number of nitrogens with one attached hydrogen (secondary N) is 2. The minimum atomic E-state index is -0.240. The van der Waals surface area contributed by atoms with Crippen molar-refractivity contribution >= 4 is 44.6 Å². The van der Waals surface area contributed by atoms with Crippen LogP contribution in [0.15, 0.2) is 42.5 Å². The molecule has 0 bridgehead atoms. The molecule has 0 amide bonds. The second-order valence-electron chi connectivity index (χ2n) is 5.52. The Morgan fingerprint density at radius 3 is 2.71 bits per heavy atom. The van der Waals surface area contributed by atoms with Crippen molar-refractivity contribution in [3.63, 3.8) is 0 Å². The summed E-state index contributed by atoms with van der Waals surface area (Å²) in [5.74, 6) is -0.240. The molecule has 1 unspecified atom stereocenters. The lowest BCUT2D eigenvalue weighted by atomic mass is 10.1. The minimum absolute atomic E-state index is 0.00979. The maximum atomic E-state index is 13.0. The fourth-order valence-corrected chi connectivity index (χ4v) is 3.64. The van der Waals surface area contributed by atoms with E-state index >= 15 is 0 Å². The van der Waals surface area contributed by atoms with E-state index in [1.165, 1.54) is 12.1 Å². The zero-order chi connectivity index (χ0) is 17.1. The highest BCUT2D eigenvalue weighted by Crippen LogP contribution is 2.25. The van der Waals surface area contributed by atoms with Gasteiger partial charge in [-0.15, -0.1) is 11.3 Å². The average molecular weight is 359 g/mol. The molecule has 0 radical (unpaired) electrons. The second-order valence-corrected chi connectivity index (χ2v) is 7.04. The van der Waals surface area contributed by atoms with Gasteiger partial charge in [-0.05, 0) is 61.5 Å². The van der Waals surface area contributed by atoms with Crippen LogP contribution in [0.1, 0.15) is 30.5 Å². The standard InChI is InChI=1S/C18H18FN3S2/c1-3-17-22-15-9-8-14(10-16(15)24-17)21-18(23)20-11(2)12-4-6-13(19)7-5-12/h4-11H,3H2,1-2H3,(H2,20,21,23). The highest BCUT2D eigenvalue weighted by Gasteiger charge is 2.08. The molecule has 0 saturated heterocycles. The van der Waals surface area contributed by atoms with Gasteiger partial charge in [-0.3, -0.25) is 0 Å². The monoisotopic (exact) mass is 359 g/mol. The number of aryl methyl sites for hydroxylation is 1. The van der Waals surface area contributed by atoms with E-state index in [0.717, 1.165) is 32.9 Å². The molecule has 1 heterocycles. The first-order valence-corrected chi connectivity index (χ1v) is 9.00. The molecule has 2 N–H and O–H groups in total. The molecule has 0 fully saturated rings. The largest absolute Gasteiger partial charge is 0.356 e. The molecule has 3 rings (SSSR count). The van der Waals surface area contributed by atoms with Gasteiger partial charge < -0.3 is 10.6 Å². The Kier molecular flexibility index (Phi) is 5.06. The molecule has 124 valence electrons. The summed E-state index contributed by atoms with van der Waals surface area (Å²) >= 11 is 7.08. The van der Waals surface area contributed by atoms with Crippen LogP contribution in [0.25, 0.3) is 10.2 Å². The van der Waals surface area contributed by atoms with E-state index < -0.39 is 0 Å². The molecule has 0 spiro atoms. The maximum Gasteiger partial charge on any atom is 0.171 e. The summed E-state index contributed by atoms with van der Waals surface area (Å²) in [6.45, 7) is 4.09. The molecule has 0 aliphatic carbocycles. The van der Waals surface area contributed by atoms with Gasteiger partial charge in [0.2, 0.25) is 0 Å². The Labute approximate surface area is 149 Å². The molecule has 1 atom stereocenters. The molecular weight excluding hydrogens is 341 g/mol. The van der Waals surface area contributed by atoms with Gasteiger partial charge in [0.05, 0.1) is 21.3 Å². The van der Waals surface area contributed by atoms with Gasteiger partial charge in [-0.1, -0.05) is 19.1 Å². The first kappa shape index (κ1) is 16.8. The molecule has 6 heteroatoms. The molecule has 0 aliphatic heterocycles. The molecule has 24 heavy (non-hydrogen) atoms.